The van der Waals surface area contributed by atoms with E-state index in [-0.39, 0.29) is 0 Å². The highest BCUT2D eigenvalue weighted by atomic mass is 16.3. The molecule has 3 nitrogen and oxygen atoms in total. The number of nitrogens with one attached hydrogen (secondary N) is 1. The van der Waals surface area contributed by atoms with Crippen LogP contribution in [0.2, 0.25) is 0 Å². The van der Waals surface area contributed by atoms with Crippen LogP contribution in [-0.2, 0) is 6.54 Å². The van der Waals surface area contributed by atoms with E-state index in [1.807, 2.05) is 12.1 Å². The molecule has 1 aliphatic rings. The van der Waals surface area contributed by atoms with Gasteiger partial charge in [-0.3, -0.25) is 4.90 Å². The number of nitrogens with zero attached hydrogens (tertiary/aromatic N) is 1. The Kier molecular flexibility index (Phi) is 3.44. The predicted octanol–water partition coefficient (Wildman–Crippen LogP) is 2.43. The first-order valence-corrected chi connectivity index (χ1v) is 6.45. The Labute approximate surface area is 107 Å². The minimum Gasteiger partial charge on any atom is -0.468 e. The highest BCUT2D eigenvalue weighted by molar-refractivity contribution is 5.20. The molecule has 18 heavy (non-hydrogen) atoms. The van der Waals surface area contributed by atoms with E-state index in [0.717, 1.165) is 31.9 Å². The zero-order valence-electron chi connectivity index (χ0n) is 10.4. The zero-order valence-corrected chi connectivity index (χ0v) is 10.4. The van der Waals surface area contributed by atoms with Crippen LogP contribution < -0.4 is 5.32 Å². The first-order valence-electron chi connectivity index (χ1n) is 6.45. The monoisotopic (exact) mass is 242 g/mol. The van der Waals surface area contributed by atoms with Crippen LogP contribution in [0.3, 0.4) is 0 Å². The van der Waals surface area contributed by atoms with Crippen LogP contribution in [-0.4, -0.2) is 24.5 Å². The minimum atomic E-state index is 0.435. The quantitative estimate of drug-likeness (QED) is 0.896. The second kappa shape index (κ2) is 5.38. The van der Waals surface area contributed by atoms with Crippen molar-refractivity contribution in [2.75, 3.05) is 19.6 Å². The van der Waals surface area contributed by atoms with E-state index in [1.54, 1.807) is 6.26 Å². The molecule has 0 bridgehead atoms. The van der Waals surface area contributed by atoms with Crippen LogP contribution >= 0.6 is 0 Å². The first kappa shape index (κ1) is 11.5. The number of rotatable bonds is 3. The van der Waals surface area contributed by atoms with E-state index in [1.165, 1.54) is 5.56 Å². The lowest BCUT2D eigenvalue weighted by Gasteiger charge is -2.35. The summed E-state index contributed by atoms with van der Waals surface area (Å²) in [6.07, 6.45) is 1.75. The molecular formula is C15H18N2O. The summed E-state index contributed by atoms with van der Waals surface area (Å²) in [6, 6.07) is 15.1. The lowest BCUT2D eigenvalue weighted by atomic mass is 10.0. The van der Waals surface area contributed by atoms with Gasteiger partial charge in [0, 0.05) is 25.7 Å². The molecule has 3 heteroatoms. The van der Waals surface area contributed by atoms with Gasteiger partial charge in [0.05, 0.1) is 12.8 Å². The summed E-state index contributed by atoms with van der Waals surface area (Å²) in [5, 5.41) is 3.47. The topological polar surface area (TPSA) is 28.4 Å². The van der Waals surface area contributed by atoms with Crippen molar-refractivity contribution in [2.45, 2.75) is 12.6 Å². The molecule has 0 amide bonds. The molecule has 1 aromatic heterocycles. The van der Waals surface area contributed by atoms with Crippen LogP contribution in [0, 0.1) is 0 Å². The van der Waals surface area contributed by atoms with Crippen molar-refractivity contribution in [3.63, 3.8) is 0 Å². The van der Waals surface area contributed by atoms with Crippen molar-refractivity contribution in [3.05, 3.63) is 60.1 Å². The van der Waals surface area contributed by atoms with Gasteiger partial charge in [0.2, 0.25) is 0 Å². The number of hydrogen-bond acceptors (Lipinski definition) is 3. The van der Waals surface area contributed by atoms with Gasteiger partial charge in [0.1, 0.15) is 5.76 Å². The highest BCUT2D eigenvalue weighted by Crippen LogP contribution is 2.23. The van der Waals surface area contributed by atoms with Gasteiger partial charge in [-0.2, -0.15) is 0 Å². The molecule has 1 unspecified atom stereocenters. The van der Waals surface area contributed by atoms with Crippen molar-refractivity contribution < 1.29 is 4.42 Å². The highest BCUT2D eigenvalue weighted by Gasteiger charge is 2.24. The third-order valence-electron chi connectivity index (χ3n) is 3.48. The van der Waals surface area contributed by atoms with E-state index in [9.17, 15) is 0 Å². The summed E-state index contributed by atoms with van der Waals surface area (Å²) < 4.78 is 5.46. The van der Waals surface area contributed by atoms with E-state index in [2.05, 4.69) is 40.5 Å². The van der Waals surface area contributed by atoms with Gasteiger partial charge in [-0.25, -0.2) is 0 Å². The number of benzene rings is 1. The standard InChI is InChI=1S/C15H18N2O/c1-2-5-13(6-3-1)15-11-16-8-9-17(15)12-14-7-4-10-18-14/h1-7,10,15-16H,8-9,11-12H2. The van der Waals surface area contributed by atoms with Crippen LogP contribution in [0.5, 0.6) is 0 Å². The maximum absolute atomic E-state index is 5.46. The molecule has 2 aromatic rings. The van der Waals surface area contributed by atoms with Crippen LogP contribution in [0.25, 0.3) is 0 Å². The fraction of sp³-hybridized carbons (Fsp3) is 0.333. The Hall–Kier alpha value is -1.58. The van der Waals surface area contributed by atoms with E-state index < -0.39 is 0 Å². The molecule has 1 atom stereocenters. The average molecular weight is 242 g/mol. The summed E-state index contributed by atoms with van der Waals surface area (Å²) in [4.78, 5) is 2.48. The van der Waals surface area contributed by atoms with Crippen molar-refractivity contribution in [1.82, 2.24) is 10.2 Å². The molecule has 0 spiro atoms. The third kappa shape index (κ3) is 2.47. The SMILES string of the molecule is c1ccc(C2CNCCN2Cc2ccco2)cc1. The summed E-state index contributed by atoms with van der Waals surface area (Å²) in [5.41, 5.74) is 1.37. The van der Waals surface area contributed by atoms with Crippen LogP contribution in [0.1, 0.15) is 17.4 Å². The second-order valence-corrected chi connectivity index (χ2v) is 4.68. The number of furan rings is 1. The minimum absolute atomic E-state index is 0.435. The second-order valence-electron chi connectivity index (χ2n) is 4.68. The Balaban J connectivity index is 1.78. The van der Waals surface area contributed by atoms with E-state index >= 15 is 0 Å². The molecule has 0 radical (unpaired) electrons. The maximum Gasteiger partial charge on any atom is 0.117 e. The summed E-state index contributed by atoms with van der Waals surface area (Å²) in [5.74, 6) is 1.04. The molecule has 3 rings (SSSR count). The van der Waals surface area contributed by atoms with Gasteiger partial charge < -0.3 is 9.73 Å². The fourth-order valence-electron chi connectivity index (χ4n) is 2.54. The van der Waals surface area contributed by atoms with Gasteiger partial charge >= 0.3 is 0 Å². The summed E-state index contributed by atoms with van der Waals surface area (Å²) in [6.45, 7) is 3.99. The van der Waals surface area contributed by atoms with E-state index in [0.29, 0.717) is 6.04 Å². The van der Waals surface area contributed by atoms with Gasteiger partial charge in [0.15, 0.2) is 0 Å². The largest absolute Gasteiger partial charge is 0.468 e. The van der Waals surface area contributed by atoms with Crippen molar-refractivity contribution in [2.24, 2.45) is 0 Å². The zero-order chi connectivity index (χ0) is 12.2. The van der Waals surface area contributed by atoms with Crippen molar-refractivity contribution in [1.29, 1.82) is 0 Å². The van der Waals surface area contributed by atoms with Gasteiger partial charge in [0.25, 0.3) is 0 Å². The van der Waals surface area contributed by atoms with Crippen molar-refractivity contribution >= 4 is 0 Å². The van der Waals surface area contributed by atoms with Crippen LogP contribution in [0.15, 0.2) is 53.1 Å². The van der Waals surface area contributed by atoms with Gasteiger partial charge in [-0.1, -0.05) is 30.3 Å². The van der Waals surface area contributed by atoms with E-state index in [4.69, 9.17) is 4.42 Å². The Morgan fingerprint density at radius 2 is 2.06 bits per heavy atom. The smallest absolute Gasteiger partial charge is 0.117 e. The first-order chi connectivity index (χ1) is 8.93. The van der Waals surface area contributed by atoms with Crippen LogP contribution in [0.4, 0.5) is 0 Å². The number of piperazine rings is 1. The average Bonchev–Trinajstić information content (AvgIpc) is 2.93. The number of hydrogen-bond donors (Lipinski definition) is 1. The third-order valence-corrected chi connectivity index (χ3v) is 3.48. The lowest BCUT2D eigenvalue weighted by molar-refractivity contribution is 0.143. The lowest BCUT2D eigenvalue weighted by Crippen LogP contribution is -2.45. The predicted molar refractivity (Wildman–Crippen MR) is 71.2 cm³/mol. The Morgan fingerprint density at radius 3 is 2.83 bits per heavy atom. The summed E-state index contributed by atoms with van der Waals surface area (Å²) in [7, 11) is 0. The molecule has 94 valence electrons. The Morgan fingerprint density at radius 1 is 1.17 bits per heavy atom. The molecular weight excluding hydrogens is 224 g/mol. The molecule has 1 fully saturated rings. The molecule has 2 heterocycles. The van der Waals surface area contributed by atoms with Crippen molar-refractivity contribution in [3.8, 4) is 0 Å². The molecule has 1 saturated heterocycles. The maximum atomic E-state index is 5.46. The molecule has 1 aromatic carbocycles. The molecule has 1 N–H and O–H groups in total. The van der Waals surface area contributed by atoms with Gasteiger partial charge in [-0.15, -0.1) is 0 Å². The molecule has 0 aliphatic carbocycles. The fourth-order valence-corrected chi connectivity index (χ4v) is 2.54. The Bertz CT molecular complexity index is 467. The molecule has 1 aliphatic heterocycles. The van der Waals surface area contributed by atoms with Gasteiger partial charge in [-0.05, 0) is 17.7 Å². The molecule has 0 saturated carbocycles. The summed E-state index contributed by atoms with van der Waals surface area (Å²) >= 11 is 0. The normalized spacial score (nSPS) is 21.0.